The molecule has 0 spiro atoms. The van der Waals surface area contributed by atoms with Gasteiger partial charge >= 0.3 is 0 Å². The highest BCUT2D eigenvalue weighted by molar-refractivity contribution is 4.98. The minimum Gasteiger partial charge on any atom is -0.468 e. The van der Waals surface area contributed by atoms with Crippen molar-refractivity contribution in [1.29, 1.82) is 0 Å². The van der Waals surface area contributed by atoms with Crippen LogP contribution in [0.25, 0.3) is 0 Å². The Hall–Kier alpha value is -0.840. The second-order valence-electron chi connectivity index (χ2n) is 5.19. The van der Waals surface area contributed by atoms with Gasteiger partial charge in [-0.1, -0.05) is 13.8 Å². The third kappa shape index (κ3) is 4.34. The Morgan fingerprint density at radius 3 is 3.00 bits per heavy atom. The normalized spacial score (nSPS) is 23.9. The average molecular weight is 266 g/mol. The smallest absolute Gasteiger partial charge is 0.117 e. The summed E-state index contributed by atoms with van der Waals surface area (Å²) in [6.45, 7) is 10.2. The molecular weight excluding hydrogens is 240 g/mol. The zero-order valence-electron chi connectivity index (χ0n) is 12.1. The van der Waals surface area contributed by atoms with Gasteiger partial charge < -0.3 is 14.5 Å². The van der Waals surface area contributed by atoms with Crippen LogP contribution in [0.1, 0.15) is 26.0 Å². The molecule has 19 heavy (non-hydrogen) atoms. The van der Waals surface area contributed by atoms with Crippen molar-refractivity contribution in [1.82, 2.24) is 10.2 Å². The van der Waals surface area contributed by atoms with Crippen molar-refractivity contribution in [3.05, 3.63) is 24.2 Å². The van der Waals surface area contributed by atoms with E-state index in [1.165, 1.54) is 0 Å². The van der Waals surface area contributed by atoms with E-state index in [9.17, 15) is 0 Å². The van der Waals surface area contributed by atoms with Crippen molar-refractivity contribution in [3.63, 3.8) is 0 Å². The molecule has 0 saturated carbocycles. The Bertz CT molecular complexity index is 338. The maximum atomic E-state index is 5.65. The molecule has 2 unspecified atom stereocenters. The highest BCUT2D eigenvalue weighted by atomic mass is 16.5. The standard InChI is InChI=1S/C15H26N2O2/c1-3-16-15-7-9-18-12-13(15)10-17(4-2)11-14-6-5-8-19-14/h5-6,8,13,15-16H,3-4,7,9-12H2,1-2H3. The van der Waals surface area contributed by atoms with Crippen molar-refractivity contribution >= 4 is 0 Å². The first-order valence-corrected chi connectivity index (χ1v) is 7.39. The van der Waals surface area contributed by atoms with Crippen LogP contribution in [-0.2, 0) is 11.3 Å². The number of hydrogen-bond acceptors (Lipinski definition) is 4. The highest BCUT2D eigenvalue weighted by Gasteiger charge is 2.26. The molecule has 0 aliphatic carbocycles. The maximum absolute atomic E-state index is 5.65. The number of ether oxygens (including phenoxy) is 1. The number of nitrogens with zero attached hydrogens (tertiary/aromatic N) is 1. The largest absolute Gasteiger partial charge is 0.468 e. The molecule has 4 heteroatoms. The molecule has 1 aliphatic heterocycles. The van der Waals surface area contributed by atoms with E-state index in [1.807, 2.05) is 12.1 Å². The number of nitrogens with one attached hydrogen (secondary N) is 1. The predicted molar refractivity (Wildman–Crippen MR) is 76.0 cm³/mol. The second kappa shape index (κ2) is 7.68. The fraction of sp³-hybridized carbons (Fsp3) is 0.733. The highest BCUT2D eigenvalue weighted by Crippen LogP contribution is 2.17. The van der Waals surface area contributed by atoms with E-state index in [0.29, 0.717) is 12.0 Å². The van der Waals surface area contributed by atoms with Crippen LogP contribution < -0.4 is 5.32 Å². The van der Waals surface area contributed by atoms with Crippen LogP contribution in [0.2, 0.25) is 0 Å². The average Bonchev–Trinajstić information content (AvgIpc) is 2.93. The van der Waals surface area contributed by atoms with E-state index >= 15 is 0 Å². The Morgan fingerprint density at radius 1 is 1.42 bits per heavy atom. The van der Waals surface area contributed by atoms with Gasteiger partial charge in [-0.25, -0.2) is 0 Å². The summed E-state index contributed by atoms with van der Waals surface area (Å²) >= 11 is 0. The summed E-state index contributed by atoms with van der Waals surface area (Å²) in [5.41, 5.74) is 0. The van der Waals surface area contributed by atoms with E-state index < -0.39 is 0 Å². The van der Waals surface area contributed by atoms with E-state index in [-0.39, 0.29) is 0 Å². The summed E-state index contributed by atoms with van der Waals surface area (Å²) in [7, 11) is 0. The van der Waals surface area contributed by atoms with Crippen LogP contribution in [0.5, 0.6) is 0 Å². The Kier molecular flexibility index (Phi) is 5.89. The van der Waals surface area contributed by atoms with E-state index in [1.54, 1.807) is 6.26 Å². The summed E-state index contributed by atoms with van der Waals surface area (Å²) in [4.78, 5) is 2.43. The van der Waals surface area contributed by atoms with Crippen molar-refractivity contribution in [2.75, 3.05) is 32.8 Å². The third-order valence-electron chi connectivity index (χ3n) is 3.84. The zero-order valence-corrected chi connectivity index (χ0v) is 12.1. The number of furan rings is 1. The topological polar surface area (TPSA) is 37.6 Å². The molecule has 2 rings (SSSR count). The molecule has 2 atom stereocenters. The first kappa shape index (κ1) is 14.6. The lowest BCUT2D eigenvalue weighted by Gasteiger charge is -2.35. The van der Waals surface area contributed by atoms with E-state index in [2.05, 4.69) is 24.1 Å². The lowest BCUT2D eigenvalue weighted by molar-refractivity contribution is 0.0157. The van der Waals surface area contributed by atoms with Crippen LogP contribution >= 0.6 is 0 Å². The molecule has 1 aromatic heterocycles. The second-order valence-corrected chi connectivity index (χ2v) is 5.19. The molecule has 1 fully saturated rings. The maximum Gasteiger partial charge on any atom is 0.117 e. The molecule has 1 N–H and O–H groups in total. The third-order valence-corrected chi connectivity index (χ3v) is 3.84. The van der Waals surface area contributed by atoms with Gasteiger partial charge in [0.1, 0.15) is 5.76 Å². The van der Waals surface area contributed by atoms with Gasteiger partial charge in [-0.05, 0) is 31.6 Å². The first-order valence-electron chi connectivity index (χ1n) is 7.39. The molecule has 0 amide bonds. The number of hydrogen-bond donors (Lipinski definition) is 1. The van der Waals surface area contributed by atoms with Gasteiger partial charge in [-0.3, -0.25) is 4.90 Å². The molecular formula is C15H26N2O2. The van der Waals surface area contributed by atoms with Crippen molar-refractivity contribution in [2.24, 2.45) is 5.92 Å². The Balaban J connectivity index is 1.88. The van der Waals surface area contributed by atoms with Crippen molar-refractivity contribution < 1.29 is 9.15 Å². The fourth-order valence-electron chi connectivity index (χ4n) is 2.77. The molecule has 0 aromatic carbocycles. The summed E-state index contributed by atoms with van der Waals surface area (Å²) < 4.78 is 11.1. The molecule has 1 aliphatic rings. The van der Waals surface area contributed by atoms with Crippen LogP contribution in [0.4, 0.5) is 0 Å². The molecule has 4 nitrogen and oxygen atoms in total. The molecule has 0 bridgehead atoms. The van der Waals surface area contributed by atoms with E-state index in [4.69, 9.17) is 9.15 Å². The number of rotatable bonds is 7. The van der Waals surface area contributed by atoms with Crippen LogP contribution in [0.3, 0.4) is 0 Å². The van der Waals surface area contributed by atoms with Gasteiger partial charge in [0.05, 0.1) is 19.4 Å². The molecule has 0 radical (unpaired) electrons. The minimum absolute atomic E-state index is 0.573. The van der Waals surface area contributed by atoms with Gasteiger partial charge in [-0.15, -0.1) is 0 Å². The summed E-state index contributed by atoms with van der Waals surface area (Å²) in [6, 6.07) is 4.58. The Morgan fingerprint density at radius 2 is 2.32 bits per heavy atom. The predicted octanol–water partition coefficient (Wildman–Crippen LogP) is 2.12. The Labute approximate surface area is 116 Å². The summed E-state index contributed by atoms with van der Waals surface area (Å²) in [5, 5.41) is 3.59. The lowest BCUT2D eigenvalue weighted by atomic mass is 9.95. The van der Waals surface area contributed by atoms with Crippen molar-refractivity contribution in [3.8, 4) is 0 Å². The van der Waals surface area contributed by atoms with Gasteiger partial charge in [0.15, 0.2) is 0 Å². The van der Waals surface area contributed by atoms with E-state index in [0.717, 1.165) is 51.6 Å². The molecule has 1 saturated heterocycles. The van der Waals surface area contributed by atoms with Crippen LogP contribution in [0.15, 0.2) is 22.8 Å². The van der Waals surface area contributed by atoms with Crippen LogP contribution in [0, 0.1) is 5.92 Å². The van der Waals surface area contributed by atoms with Gasteiger partial charge in [0.2, 0.25) is 0 Å². The molecule has 1 aromatic rings. The lowest BCUT2D eigenvalue weighted by Crippen LogP contribution is -2.47. The zero-order chi connectivity index (χ0) is 13.5. The SMILES string of the molecule is CCNC1CCOCC1CN(CC)Cc1ccco1. The monoisotopic (exact) mass is 266 g/mol. The van der Waals surface area contributed by atoms with Gasteiger partial charge in [0, 0.05) is 25.1 Å². The molecule has 2 heterocycles. The first-order chi connectivity index (χ1) is 9.33. The molecule has 108 valence electrons. The van der Waals surface area contributed by atoms with Crippen LogP contribution in [-0.4, -0.2) is 43.8 Å². The summed E-state index contributed by atoms with van der Waals surface area (Å²) in [6.07, 6.45) is 2.87. The minimum atomic E-state index is 0.573. The quantitative estimate of drug-likeness (QED) is 0.820. The summed E-state index contributed by atoms with van der Waals surface area (Å²) in [5.74, 6) is 1.61. The fourth-order valence-corrected chi connectivity index (χ4v) is 2.77. The van der Waals surface area contributed by atoms with Gasteiger partial charge in [0.25, 0.3) is 0 Å². The van der Waals surface area contributed by atoms with Crippen molar-refractivity contribution in [2.45, 2.75) is 32.9 Å². The van der Waals surface area contributed by atoms with Gasteiger partial charge in [-0.2, -0.15) is 0 Å².